The van der Waals surface area contributed by atoms with Gasteiger partial charge in [0.25, 0.3) is 0 Å². The zero-order chi connectivity index (χ0) is 10.8. The lowest BCUT2D eigenvalue weighted by atomic mass is 10.4. The van der Waals surface area contributed by atoms with E-state index in [0.29, 0.717) is 0 Å². The fourth-order valence-corrected chi connectivity index (χ4v) is 2.89. The SMILES string of the molecule is c1cc(CN2CCCC2)n(-c2nccs2)c1. The third kappa shape index (κ3) is 1.90. The normalized spacial score (nSPS) is 17.0. The lowest BCUT2D eigenvalue weighted by Gasteiger charge is -2.15. The van der Waals surface area contributed by atoms with Crippen LogP contribution in [0.15, 0.2) is 29.9 Å². The summed E-state index contributed by atoms with van der Waals surface area (Å²) < 4.78 is 2.20. The van der Waals surface area contributed by atoms with Crippen molar-refractivity contribution in [2.24, 2.45) is 0 Å². The second-order valence-corrected chi connectivity index (χ2v) is 5.04. The maximum Gasteiger partial charge on any atom is 0.193 e. The Morgan fingerprint density at radius 3 is 2.94 bits per heavy atom. The molecule has 3 nitrogen and oxygen atoms in total. The summed E-state index contributed by atoms with van der Waals surface area (Å²) in [5.41, 5.74) is 1.34. The second-order valence-electron chi connectivity index (χ2n) is 4.17. The molecule has 0 radical (unpaired) electrons. The van der Waals surface area contributed by atoms with Crippen molar-refractivity contribution in [2.45, 2.75) is 19.4 Å². The van der Waals surface area contributed by atoms with Gasteiger partial charge in [-0.1, -0.05) is 0 Å². The first-order chi connectivity index (χ1) is 7.93. The topological polar surface area (TPSA) is 21.1 Å². The molecule has 0 aliphatic carbocycles. The minimum Gasteiger partial charge on any atom is -0.298 e. The average Bonchev–Trinajstić information content (AvgIpc) is 2.98. The lowest BCUT2D eigenvalue weighted by Crippen LogP contribution is -2.20. The Labute approximate surface area is 99.3 Å². The third-order valence-electron chi connectivity index (χ3n) is 3.04. The van der Waals surface area contributed by atoms with Crippen LogP contribution in [0.4, 0.5) is 0 Å². The summed E-state index contributed by atoms with van der Waals surface area (Å²) in [7, 11) is 0. The van der Waals surface area contributed by atoms with Crippen molar-refractivity contribution in [1.82, 2.24) is 14.5 Å². The number of hydrogen-bond acceptors (Lipinski definition) is 3. The van der Waals surface area contributed by atoms with Gasteiger partial charge < -0.3 is 0 Å². The van der Waals surface area contributed by atoms with Gasteiger partial charge in [0, 0.05) is 30.0 Å². The molecule has 1 saturated heterocycles. The molecule has 0 N–H and O–H groups in total. The minimum atomic E-state index is 1.05. The maximum absolute atomic E-state index is 4.36. The summed E-state index contributed by atoms with van der Waals surface area (Å²) in [6.45, 7) is 3.53. The Balaban J connectivity index is 1.82. The van der Waals surface area contributed by atoms with Crippen molar-refractivity contribution in [2.75, 3.05) is 13.1 Å². The molecule has 1 fully saturated rings. The van der Waals surface area contributed by atoms with Gasteiger partial charge in [-0.15, -0.1) is 11.3 Å². The summed E-state index contributed by atoms with van der Waals surface area (Å²) in [6, 6.07) is 4.30. The van der Waals surface area contributed by atoms with Crippen LogP contribution < -0.4 is 0 Å². The minimum absolute atomic E-state index is 1.05. The summed E-state index contributed by atoms with van der Waals surface area (Å²) in [5, 5.41) is 3.09. The van der Waals surface area contributed by atoms with Gasteiger partial charge in [-0.3, -0.25) is 9.47 Å². The Kier molecular flexibility index (Phi) is 2.76. The largest absolute Gasteiger partial charge is 0.298 e. The van der Waals surface area contributed by atoms with E-state index >= 15 is 0 Å². The Morgan fingerprint density at radius 1 is 1.31 bits per heavy atom. The molecule has 0 unspecified atom stereocenters. The molecule has 0 atom stereocenters. The molecular formula is C12H15N3S. The molecule has 16 heavy (non-hydrogen) atoms. The molecule has 0 aromatic carbocycles. The highest BCUT2D eigenvalue weighted by Gasteiger charge is 2.14. The van der Waals surface area contributed by atoms with Gasteiger partial charge >= 0.3 is 0 Å². The van der Waals surface area contributed by atoms with Crippen LogP contribution >= 0.6 is 11.3 Å². The third-order valence-corrected chi connectivity index (χ3v) is 3.81. The Bertz CT molecular complexity index is 441. The van der Waals surface area contributed by atoms with E-state index in [1.54, 1.807) is 11.3 Å². The van der Waals surface area contributed by atoms with Crippen LogP contribution in [-0.2, 0) is 6.54 Å². The number of likely N-dealkylation sites (tertiary alicyclic amines) is 1. The highest BCUT2D eigenvalue weighted by molar-refractivity contribution is 7.12. The van der Waals surface area contributed by atoms with E-state index in [2.05, 4.69) is 32.8 Å². The first-order valence-electron chi connectivity index (χ1n) is 5.72. The standard InChI is InChI=1S/C12H15N3S/c1-2-7-14(6-1)10-11-4-3-8-15(11)12-13-5-9-16-12/h3-5,8-9H,1-2,6-7,10H2. The van der Waals surface area contributed by atoms with Gasteiger partial charge in [0.15, 0.2) is 5.13 Å². The number of nitrogens with zero attached hydrogens (tertiary/aromatic N) is 3. The number of rotatable bonds is 3. The summed E-state index contributed by atoms with van der Waals surface area (Å²) in [5.74, 6) is 0. The van der Waals surface area contributed by atoms with E-state index in [1.165, 1.54) is 31.6 Å². The molecule has 2 aromatic heterocycles. The van der Waals surface area contributed by atoms with Gasteiger partial charge in [0.05, 0.1) is 0 Å². The maximum atomic E-state index is 4.36. The van der Waals surface area contributed by atoms with Crippen LogP contribution in [0.5, 0.6) is 0 Å². The van der Waals surface area contributed by atoms with Crippen molar-refractivity contribution >= 4 is 11.3 Å². The number of hydrogen-bond donors (Lipinski definition) is 0. The molecule has 3 heterocycles. The van der Waals surface area contributed by atoms with Gasteiger partial charge in [-0.25, -0.2) is 4.98 Å². The molecule has 2 aromatic rings. The fraction of sp³-hybridized carbons (Fsp3) is 0.417. The predicted octanol–water partition coefficient (Wildman–Crippen LogP) is 2.53. The first-order valence-corrected chi connectivity index (χ1v) is 6.60. The smallest absolute Gasteiger partial charge is 0.193 e. The van der Waals surface area contributed by atoms with E-state index in [1.807, 2.05) is 11.6 Å². The van der Waals surface area contributed by atoms with E-state index in [9.17, 15) is 0 Å². The molecule has 84 valence electrons. The summed E-state index contributed by atoms with van der Waals surface area (Å²) in [4.78, 5) is 6.87. The van der Waals surface area contributed by atoms with Crippen LogP contribution in [0.3, 0.4) is 0 Å². The van der Waals surface area contributed by atoms with Crippen LogP contribution in [0, 0.1) is 0 Å². The second kappa shape index (κ2) is 4.39. The molecule has 0 saturated carbocycles. The van der Waals surface area contributed by atoms with Crippen molar-refractivity contribution in [3.05, 3.63) is 35.6 Å². The van der Waals surface area contributed by atoms with E-state index in [4.69, 9.17) is 0 Å². The lowest BCUT2D eigenvalue weighted by molar-refractivity contribution is 0.325. The fourth-order valence-electron chi connectivity index (χ4n) is 2.24. The Morgan fingerprint density at radius 2 is 2.19 bits per heavy atom. The Hall–Kier alpha value is -1.13. The molecule has 0 bridgehead atoms. The molecule has 4 heteroatoms. The van der Waals surface area contributed by atoms with Crippen LogP contribution in [0.1, 0.15) is 18.5 Å². The van der Waals surface area contributed by atoms with Gasteiger partial charge in [0.2, 0.25) is 0 Å². The molecular weight excluding hydrogens is 218 g/mol. The van der Waals surface area contributed by atoms with E-state index in [0.717, 1.165) is 11.7 Å². The zero-order valence-corrected chi connectivity index (χ0v) is 9.99. The van der Waals surface area contributed by atoms with Gasteiger partial charge in [-0.2, -0.15) is 0 Å². The van der Waals surface area contributed by atoms with Crippen molar-refractivity contribution in [3.63, 3.8) is 0 Å². The highest BCUT2D eigenvalue weighted by Crippen LogP contribution is 2.18. The van der Waals surface area contributed by atoms with Crippen LogP contribution in [0.25, 0.3) is 5.13 Å². The van der Waals surface area contributed by atoms with E-state index in [-0.39, 0.29) is 0 Å². The molecule has 0 amide bonds. The molecule has 0 spiro atoms. The highest BCUT2D eigenvalue weighted by atomic mass is 32.1. The first kappa shape index (κ1) is 10.1. The summed E-state index contributed by atoms with van der Waals surface area (Å²) >= 11 is 1.69. The van der Waals surface area contributed by atoms with Gasteiger partial charge in [-0.05, 0) is 38.1 Å². The molecule has 1 aliphatic heterocycles. The molecule has 3 rings (SSSR count). The quantitative estimate of drug-likeness (QED) is 0.812. The van der Waals surface area contributed by atoms with E-state index < -0.39 is 0 Å². The average molecular weight is 233 g/mol. The van der Waals surface area contributed by atoms with Crippen molar-refractivity contribution < 1.29 is 0 Å². The van der Waals surface area contributed by atoms with Crippen LogP contribution in [0.2, 0.25) is 0 Å². The van der Waals surface area contributed by atoms with Crippen molar-refractivity contribution in [1.29, 1.82) is 0 Å². The molecule has 1 aliphatic rings. The number of thiazole rings is 1. The van der Waals surface area contributed by atoms with Crippen molar-refractivity contribution in [3.8, 4) is 5.13 Å². The van der Waals surface area contributed by atoms with Crippen LogP contribution in [-0.4, -0.2) is 27.5 Å². The predicted molar refractivity (Wildman–Crippen MR) is 66.0 cm³/mol. The van der Waals surface area contributed by atoms with Gasteiger partial charge in [0.1, 0.15) is 0 Å². The number of aromatic nitrogens is 2. The zero-order valence-electron chi connectivity index (χ0n) is 9.17. The monoisotopic (exact) mass is 233 g/mol. The summed E-state index contributed by atoms with van der Waals surface area (Å²) in [6.07, 6.45) is 6.65.